The molecule has 10 nitrogen and oxygen atoms in total. The van der Waals surface area contributed by atoms with Crippen molar-refractivity contribution in [1.82, 2.24) is 14.1 Å². The zero-order chi connectivity index (χ0) is 23.6. The fourth-order valence-corrected chi connectivity index (χ4v) is 4.53. The lowest BCUT2D eigenvalue weighted by Gasteiger charge is -2.18. The van der Waals surface area contributed by atoms with E-state index in [1.807, 2.05) is 0 Å². The Hall–Kier alpha value is -3.44. The van der Waals surface area contributed by atoms with E-state index in [1.54, 1.807) is 33.8 Å². The summed E-state index contributed by atoms with van der Waals surface area (Å²) < 4.78 is 27.8. The summed E-state index contributed by atoms with van der Waals surface area (Å²) in [4.78, 5) is 33.0. The van der Waals surface area contributed by atoms with Gasteiger partial charge in [-0.25, -0.2) is 13.4 Å². The van der Waals surface area contributed by atoms with E-state index in [0.717, 1.165) is 0 Å². The van der Waals surface area contributed by atoms with Gasteiger partial charge in [0.25, 0.3) is 17.8 Å². The van der Waals surface area contributed by atoms with Gasteiger partial charge in [0, 0.05) is 24.7 Å². The molecular weight excluding hydrogens is 432 g/mol. The zero-order valence-corrected chi connectivity index (χ0v) is 19.1. The number of rotatable bonds is 6. The molecule has 1 aliphatic rings. The van der Waals surface area contributed by atoms with Crippen LogP contribution in [0.15, 0.2) is 57.4 Å². The predicted molar refractivity (Wildman–Crippen MR) is 122 cm³/mol. The second kappa shape index (κ2) is 8.97. The number of sulfonamides is 1. The Labute approximate surface area is 186 Å². The number of carbonyl (C=O) groups is 2. The van der Waals surface area contributed by atoms with E-state index >= 15 is 0 Å². The Morgan fingerprint density at radius 3 is 2.31 bits per heavy atom. The molecule has 1 aromatic heterocycles. The first kappa shape index (κ1) is 23.2. The molecule has 0 saturated heterocycles. The van der Waals surface area contributed by atoms with Crippen molar-refractivity contribution in [2.45, 2.75) is 32.6 Å². The molecular formula is C21H24N6O4S. The van der Waals surface area contributed by atoms with E-state index in [0.29, 0.717) is 24.5 Å². The van der Waals surface area contributed by atoms with Gasteiger partial charge in [-0.2, -0.15) is 19.1 Å². The molecule has 1 aromatic carbocycles. The van der Waals surface area contributed by atoms with Crippen LogP contribution in [-0.4, -0.2) is 59.1 Å². The van der Waals surface area contributed by atoms with Gasteiger partial charge in [-0.1, -0.05) is 20.4 Å². The van der Waals surface area contributed by atoms with Gasteiger partial charge < -0.3 is 5.32 Å². The predicted octanol–water partition coefficient (Wildman–Crippen LogP) is 2.24. The second-order valence-corrected chi connectivity index (χ2v) is 8.98. The van der Waals surface area contributed by atoms with Crippen molar-refractivity contribution in [2.75, 3.05) is 18.4 Å². The number of amides is 2. The average molecular weight is 457 g/mol. The summed E-state index contributed by atoms with van der Waals surface area (Å²) in [7, 11) is -3.62. The van der Waals surface area contributed by atoms with Crippen molar-refractivity contribution in [3.63, 3.8) is 0 Å². The maximum atomic E-state index is 12.8. The number of hydrogen-bond donors (Lipinski definition) is 1. The van der Waals surface area contributed by atoms with Crippen LogP contribution in [0.25, 0.3) is 0 Å². The number of nitrogens with zero attached hydrogens (tertiary/aromatic N) is 5. The number of aryl methyl sites for hydroxylation is 1. The molecule has 0 bridgehead atoms. The Balaban J connectivity index is 1.86. The van der Waals surface area contributed by atoms with Gasteiger partial charge in [0.1, 0.15) is 5.82 Å². The largest absolute Gasteiger partial charge is 0.306 e. The van der Waals surface area contributed by atoms with E-state index in [4.69, 9.17) is 0 Å². The number of benzene rings is 1. The Morgan fingerprint density at radius 2 is 1.75 bits per heavy atom. The lowest BCUT2D eigenvalue weighted by molar-refractivity contribution is -0.113. The van der Waals surface area contributed by atoms with Crippen molar-refractivity contribution in [3.05, 3.63) is 53.7 Å². The summed E-state index contributed by atoms with van der Waals surface area (Å²) in [6, 6.07) is 7.28. The molecule has 0 aliphatic carbocycles. The third kappa shape index (κ3) is 4.43. The first-order chi connectivity index (χ1) is 15.1. The standard InChI is InChI=1S/C21H24N6O4S/c1-6-26(7-2)32(30,31)17-10-8-16(9-11-17)20(29)23-18-12-13(3)25-27(18)21-22-15(5)14(4)19(28)24-21/h8-12H,4,6-7H2,1-3,5H3,(H,23,29). The molecule has 2 aromatic rings. The highest BCUT2D eigenvalue weighted by Crippen LogP contribution is 2.19. The lowest BCUT2D eigenvalue weighted by atomic mass is 10.2. The van der Waals surface area contributed by atoms with Crippen molar-refractivity contribution in [2.24, 2.45) is 9.98 Å². The van der Waals surface area contributed by atoms with Crippen LogP contribution < -0.4 is 5.32 Å². The summed E-state index contributed by atoms with van der Waals surface area (Å²) in [6.45, 7) is 11.2. The fourth-order valence-electron chi connectivity index (χ4n) is 3.07. The van der Waals surface area contributed by atoms with Crippen LogP contribution >= 0.6 is 0 Å². The number of anilines is 1. The van der Waals surface area contributed by atoms with Crippen LogP contribution in [0.2, 0.25) is 0 Å². The van der Waals surface area contributed by atoms with Crippen molar-refractivity contribution in [1.29, 1.82) is 0 Å². The summed E-state index contributed by atoms with van der Waals surface area (Å²) in [5, 5.41) is 6.96. The van der Waals surface area contributed by atoms with E-state index in [2.05, 4.69) is 27.0 Å². The minimum Gasteiger partial charge on any atom is -0.306 e. The van der Waals surface area contributed by atoms with Crippen molar-refractivity contribution < 1.29 is 18.0 Å². The molecule has 168 valence electrons. The molecule has 0 fully saturated rings. The third-order valence-corrected chi connectivity index (χ3v) is 6.95. The molecule has 0 spiro atoms. The topological polar surface area (TPSA) is 126 Å². The van der Waals surface area contributed by atoms with Gasteiger partial charge in [-0.15, -0.1) is 0 Å². The summed E-state index contributed by atoms with van der Waals surface area (Å²) in [5.74, 6) is -0.722. The number of nitrogens with one attached hydrogen (secondary N) is 1. The van der Waals surface area contributed by atoms with Crippen LogP contribution in [0.1, 0.15) is 36.8 Å². The molecule has 2 heterocycles. The normalized spacial score (nSPS) is 14.4. The molecule has 2 amide bonds. The molecule has 1 aliphatic heterocycles. The van der Waals surface area contributed by atoms with Crippen LogP contribution in [0, 0.1) is 6.92 Å². The Morgan fingerprint density at radius 1 is 1.12 bits per heavy atom. The minimum atomic E-state index is -3.62. The molecule has 0 atom stereocenters. The summed E-state index contributed by atoms with van der Waals surface area (Å²) in [5.41, 5.74) is 1.44. The number of aromatic nitrogens is 2. The van der Waals surface area contributed by atoms with Crippen LogP contribution in [0.3, 0.4) is 0 Å². The van der Waals surface area contributed by atoms with Crippen LogP contribution in [0.5, 0.6) is 0 Å². The number of carbonyl (C=O) groups excluding carboxylic acids is 2. The molecule has 1 N–H and O–H groups in total. The highest BCUT2D eigenvalue weighted by atomic mass is 32.2. The van der Waals surface area contributed by atoms with Gasteiger partial charge in [0.05, 0.1) is 21.9 Å². The zero-order valence-electron chi connectivity index (χ0n) is 18.3. The van der Waals surface area contributed by atoms with Gasteiger partial charge >= 0.3 is 0 Å². The summed E-state index contributed by atoms with van der Waals surface area (Å²) in [6.07, 6.45) is 0. The molecule has 11 heteroatoms. The molecule has 32 heavy (non-hydrogen) atoms. The number of aliphatic imine (C=N–C) groups is 2. The van der Waals surface area contributed by atoms with Gasteiger partial charge in [0.15, 0.2) is 0 Å². The molecule has 0 unspecified atom stereocenters. The highest BCUT2D eigenvalue weighted by Gasteiger charge is 2.23. The summed E-state index contributed by atoms with van der Waals surface area (Å²) >= 11 is 0. The first-order valence-corrected chi connectivity index (χ1v) is 11.4. The smallest absolute Gasteiger partial charge is 0.281 e. The molecule has 0 radical (unpaired) electrons. The van der Waals surface area contributed by atoms with Gasteiger partial charge in [-0.3, -0.25) is 9.59 Å². The fraction of sp³-hybridized carbons (Fsp3) is 0.286. The van der Waals surface area contributed by atoms with Gasteiger partial charge in [-0.05, 0) is 38.1 Å². The quantitative estimate of drug-likeness (QED) is 0.667. The van der Waals surface area contributed by atoms with Crippen LogP contribution in [0.4, 0.5) is 5.82 Å². The van der Waals surface area contributed by atoms with E-state index in [9.17, 15) is 18.0 Å². The monoisotopic (exact) mass is 456 g/mol. The van der Waals surface area contributed by atoms with Crippen molar-refractivity contribution in [3.8, 4) is 0 Å². The SMILES string of the molecule is C=C1C(=O)N=C(n2nc(C)cc2NC(=O)c2ccc(S(=O)(=O)N(CC)CC)cc2)N=C1C. The van der Waals surface area contributed by atoms with Gasteiger partial charge in [0.2, 0.25) is 10.0 Å². The first-order valence-electron chi connectivity index (χ1n) is 9.94. The lowest BCUT2D eigenvalue weighted by Crippen LogP contribution is -2.30. The minimum absolute atomic E-state index is 0.0176. The highest BCUT2D eigenvalue weighted by molar-refractivity contribution is 7.89. The van der Waals surface area contributed by atoms with Crippen molar-refractivity contribution >= 4 is 39.3 Å². The molecule has 0 saturated carbocycles. The third-order valence-electron chi connectivity index (χ3n) is 4.89. The average Bonchev–Trinajstić information content (AvgIpc) is 3.12. The Kier molecular flexibility index (Phi) is 6.51. The second-order valence-electron chi connectivity index (χ2n) is 7.04. The van der Waals surface area contributed by atoms with E-state index < -0.39 is 21.8 Å². The molecule has 3 rings (SSSR count). The maximum absolute atomic E-state index is 12.8. The number of hydrogen-bond acceptors (Lipinski definition) is 6. The van der Waals surface area contributed by atoms with Crippen LogP contribution in [-0.2, 0) is 14.8 Å². The Bertz CT molecular complexity index is 1250. The van der Waals surface area contributed by atoms with E-state index in [-0.39, 0.29) is 27.8 Å². The van der Waals surface area contributed by atoms with E-state index in [1.165, 1.54) is 33.3 Å². The maximum Gasteiger partial charge on any atom is 0.281 e.